The summed E-state index contributed by atoms with van der Waals surface area (Å²) in [5.41, 5.74) is 1.59. The minimum Gasteiger partial charge on any atom is -0.496 e. The Hall–Kier alpha value is -2.25. The van der Waals surface area contributed by atoms with Crippen LogP contribution in [0.4, 0.5) is 0 Å². The molecule has 0 spiro atoms. The summed E-state index contributed by atoms with van der Waals surface area (Å²) in [6.07, 6.45) is 1.65. The Morgan fingerprint density at radius 3 is 2.89 bits per heavy atom. The molecule has 0 amide bonds. The van der Waals surface area contributed by atoms with Crippen LogP contribution in [0.15, 0.2) is 41.0 Å². The molecule has 0 radical (unpaired) electrons. The summed E-state index contributed by atoms with van der Waals surface area (Å²) in [6.45, 7) is 1.27. The van der Waals surface area contributed by atoms with E-state index in [2.05, 4.69) is 11.4 Å². The van der Waals surface area contributed by atoms with Crippen molar-refractivity contribution in [3.8, 4) is 11.8 Å². The second-order valence-corrected chi connectivity index (χ2v) is 3.82. The Balaban J connectivity index is 2.01. The summed E-state index contributed by atoms with van der Waals surface area (Å²) in [5.74, 6) is 1.66. The van der Waals surface area contributed by atoms with Gasteiger partial charge in [-0.15, -0.1) is 0 Å². The van der Waals surface area contributed by atoms with Gasteiger partial charge in [-0.25, -0.2) is 0 Å². The first-order chi connectivity index (χ1) is 8.83. The van der Waals surface area contributed by atoms with Gasteiger partial charge >= 0.3 is 0 Å². The van der Waals surface area contributed by atoms with Gasteiger partial charge in [0, 0.05) is 12.1 Å². The Kier molecular flexibility index (Phi) is 4.00. The highest BCUT2D eigenvalue weighted by molar-refractivity contribution is 5.41. The molecule has 0 unspecified atom stereocenters. The zero-order valence-electron chi connectivity index (χ0n) is 10.1. The van der Waals surface area contributed by atoms with E-state index in [1.165, 1.54) is 0 Å². The Morgan fingerprint density at radius 1 is 1.33 bits per heavy atom. The van der Waals surface area contributed by atoms with Crippen molar-refractivity contribution in [2.24, 2.45) is 0 Å². The molecule has 1 aromatic carbocycles. The van der Waals surface area contributed by atoms with Crippen molar-refractivity contribution in [2.75, 3.05) is 7.11 Å². The van der Waals surface area contributed by atoms with E-state index in [0.717, 1.165) is 17.1 Å². The van der Waals surface area contributed by atoms with E-state index in [9.17, 15) is 0 Å². The van der Waals surface area contributed by atoms with Gasteiger partial charge in [0.2, 0.25) is 0 Å². The lowest BCUT2D eigenvalue weighted by molar-refractivity contribution is 0.406. The van der Waals surface area contributed by atoms with Gasteiger partial charge in [0.25, 0.3) is 0 Å². The van der Waals surface area contributed by atoms with Crippen LogP contribution in [0.1, 0.15) is 16.9 Å². The van der Waals surface area contributed by atoms with Gasteiger partial charge in [-0.3, -0.25) is 0 Å². The molecule has 0 atom stereocenters. The summed E-state index contributed by atoms with van der Waals surface area (Å²) < 4.78 is 10.5. The number of furan rings is 1. The zero-order valence-corrected chi connectivity index (χ0v) is 10.1. The molecular formula is C14H14N2O2. The second kappa shape index (κ2) is 5.89. The first kappa shape index (κ1) is 12.2. The minimum absolute atomic E-state index is 0.624. The number of methoxy groups -OCH3 is 1. The minimum atomic E-state index is 0.624. The van der Waals surface area contributed by atoms with Crippen molar-refractivity contribution < 1.29 is 9.15 Å². The summed E-state index contributed by atoms with van der Waals surface area (Å²) in [4.78, 5) is 0. The number of ether oxygens (including phenoxy) is 1. The molecule has 4 nitrogen and oxygen atoms in total. The van der Waals surface area contributed by atoms with E-state index in [1.807, 2.05) is 24.3 Å². The van der Waals surface area contributed by atoms with Crippen LogP contribution in [0.5, 0.6) is 5.75 Å². The summed E-state index contributed by atoms with van der Waals surface area (Å²) in [7, 11) is 1.62. The van der Waals surface area contributed by atoms with Crippen LogP contribution in [0.3, 0.4) is 0 Å². The van der Waals surface area contributed by atoms with Crippen LogP contribution in [0.2, 0.25) is 0 Å². The maximum absolute atomic E-state index is 8.88. The maximum Gasteiger partial charge on any atom is 0.123 e. The summed E-state index contributed by atoms with van der Waals surface area (Å²) in [6, 6.07) is 11.3. The molecule has 1 heterocycles. The van der Waals surface area contributed by atoms with Gasteiger partial charge in [-0.05, 0) is 30.3 Å². The number of benzene rings is 1. The van der Waals surface area contributed by atoms with Gasteiger partial charge in [0.1, 0.15) is 11.5 Å². The molecule has 1 N–H and O–H groups in total. The van der Waals surface area contributed by atoms with Crippen LogP contribution < -0.4 is 10.1 Å². The molecule has 92 valence electrons. The van der Waals surface area contributed by atoms with Gasteiger partial charge in [-0.2, -0.15) is 5.26 Å². The highest BCUT2D eigenvalue weighted by Gasteiger charge is 2.04. The predicted octanol–water partition coefficient (Wildman–Crippen LogP) is 2.45. The molecule has 0 aliphatic heterocycles. The normalized spacial score (nSPS) is 10.0. The predicted molar refractivity (Wildman–Crippen MR) is 67.0 cm³/mol. The maximum atomic E-state index is 8.88. The second-order valence-electron chi connectivity index (χ2n) is 3.82. The summed E-state index contributed by atoms with van der Waals surface area (Å²) in [5, 5.41) is 12.1. The van der Waals surface area contributed by atoms with E-state index in [1.54, 1.807) is 19.4 Å². The van der Waals surface area contributed by atoms with E-state index >= 15 is 0 Å². The lowest BCUT2D eigenvalue weighted by atomic mass is 10.1. The number of rotatable bonds is 5. The fourth-order valence-corrected chi connectivity index (χ4v) is 1.72. The highest BCUT2D eigenvalue weighted by atomic mass is 16.5. The molecule has 0 aliphatic rings. The Bertz CT molecular complexity index is 541. The average molecular weight is 242 g/mol. The van der Waals surface area contributed by atoms with Crippen molar-refractivity contribution in [3.63, 3.8) is 0 Å². The Morgan fingerprint density at radius 2 is 2.22 bits per heavy atom. The first-order valence-corrected chi connectivity index (χ1v) is 5.63. The number of nitrogens with zero attached hydrogens (tertiary/aromatic N) is 1. The summed E-state index contributed by atoms with van der Waals surface area (Å²) >= 11 is 0. The fourth-order valence-electron chi connectivity index (χ4n) is 1.72. The van der Waals surface area contributed by atoms with Crippen LogP contribution in [-0.4, -0.2) is 7.11 Å². The number of nitrogens with one attached hydrogen (secondary N) is 1. The third-order valence-electron chi connectivity index (χ3n) is 2.60. The molecule has 0 saturated heterocycles. The molecule has 1 aromatic heterocycles. The Labute approximate surface area is 106 Å². The molecule has 2 rings (SSSR count). The highest BCUT2D eigenvalue weighted by Crippen LogP contribution is 2.19. The lowest BCUT2D eigenvalue weighted by Gasteiger charge is -2.09. The van der Waals surface area contributed by atoms with Gasteiger partial charge in [-0.1, -0.05) is 0 Å². The molecule has 2 aromatic rings. The van der Waals surface area contributed by atoms with E-state index in [0.29, 0.717) is 18.7 Å². The number of hydrogen-bond acceptors (Lipinski definition) is 4. The zero-order chi connectivity index (χ0) is 12.8. The molecule has 4 heteroatoms. The number of nitriles is 1. The molecular weight excluding hydrogens is 228 g/mol. The molecule has 0 aliphatic carbocycles. The smallest absolute Gasteiger partial charge is 0.123 e. The topological polar surface area (TPSA) is 58.2 Å². The van der Waals surface area contributed by atoms with Crippen molar-refractivity contribution in [2.45, 2.75) is 13.1 Å². The van der Waals surface area contributed by atoms with E-state index in [4.69, 9.17) is 14.4 Å². The molecule has 0 bridgehead atoms. The van der Waals surface area contributed by atoms with Gasteiger partial charge in [0.15, 0.2) is 0 Å². The van der Waals surface area contributed by atoms with Gasteiger partial charge in [0.05, 0.1) is 31.6 Å². The van der Waals surface area contributed by atoms with Crippen molar-refractivity contribution in [3.05, 3.63) is 53.5 Å². The average Bonchev–Trinajstić information content (AvgIpc) is 2.92. The van der Waals surface area contributed by atoms with Crippen LogP contribution in [0, 0.1) is 11.3 Å². The largest absolute Gasteiger partial charge is 0.496 e. The van der Waals surface area contributed by atoms with Gasteiger partial charge < -0.3 is 14.5 Å². The van der Waals surface area contributed by atoms with Crippen LogP contribution in [-0.2, 0) is 13.1 Å². The van der Waals surface area contributed by atoms with Crippen LogP contribution in [0.25, 0.3) is 0 Å². The first-order valence-electron chi connectivity index (χ1n) is 5.63. The number of hydrogen-bond donors (Lipinski definition) is 1. The third-order valence-corrected chi connectivity index (χ3v) is 2.60. The third kappa shape index (κ3) is 2.90. The van der Waals surface area contributed by atoms with Crippen molar-refractivity contribution in [1.29, 1.82) is 5.26 Å². The van der Waals surface area contributed by atoms with Crippen molar-refractivity contribution >= 4 is 0 Å². The van der Waals surface area contributed by atoms with Crippen molar-refractivity contribution in [1.82, 2.24) is 5.32 Å². The lowest BCUT2D eigenvalue weighted by Crippen LogP contribution is -2.13. The molecule has 0 saturated carbocycles. The standard InChI is InChI=1S/C14H14N2O2/c1-17-14-5-4-11(8-15)7-12(14)9-16-10-13-3-2-6-18-13/h2-7,16H,9-10H2,1H3. The fraction of sp³-hybridized carbons (Fsp3) is 0.214. The van der Waals surface area contributed by atoms with E-state index in [-0.39, 0.29) is 0 Å². The molecule has 18 heavy (non-hydrogen) atoms. The monoisotopic (exact) mass is 242 g/mol. The SMILES string of the molecule is COc1ccc(C#N)cc1CNCc1ccco1. The molecule has 0 fully saturated rings. The van der Waals surface area contributed by atoms with E-state index < -0.39 is 0 Å². The quantitative estimate of drug-likeness (QED) is 0.875. The van der Waals surface area contributed by atoms with Crippen LogP contribution >= 0.6 is 0 Å².